The molecule has 1 aromatic carbocycles. The Balaban J connectivity index is 1.98. The lowest BCUT2D eigenvalue weighted by Crippen LogP contribution is -2.36. The van der Waals surface area contributed by atoms with Gasteiger partial charge in [0.15, 0.2) is 18.1 Å². The van der Waals surface area contributed by atoms with E-state index in [4.69, 9.17) is 9.47 Å². The van der Waals surface area contributed by atoms with E-state index in [-0.39, 0.29) is 18.6 Å². The van der Waals surface area contributed by atoms with Crippen molar-refractivity contribution in [3.05, 3.63) is 22.2 Å². The predicted octanol–water partition coefficient (Wildman–Crippen LogP) is 2.71. The lowest BCUT2D eigenvalue weighted by molar-refractivity contribution is -0.123. The summed E-state index contributed by atoms with van der Waals surface area (Å²) in [5.41, 5.74) is 0.474. The Hall–Kier alpha value is -1.56. The van der Waals surface area contributed by atoms with E-state index in [0.29, 0.717) is 21.5 Å². The molecule has 0 bridgehead atoms. The Labute approximate surface area is 132 Å². The van der Waals surface area contributed by atoms with Gasteiger partial charge >= 0.3 is 0 Å². The normalized spacial score (nSPS) is 14.8. The third-order valence-corrected chi connectivity index (χ3v) is 4.04. The molecule has 1 saturated carbocycles. The van der Waals surface area contributed by atoms with Gasteiger partial charge in [-0.2, -0.15) is 0 Å². The zero-order valence-electron chi connectivity index (χ0n) is 11.9. The second-order valence-electron chi connectivity index (χ2n) is 4.99. The van der Waals surface area contributed by atoms with Crippen molar-refractivity contribution in [2.45, 2.75) is 31.7 Å². The highest BCUT2D eigenvalue weighted by Gasteiger charge is 2.18. The molecule has 1 fully saturated rings. The summed E-state index contributed by atoms with van der Waals surface area (Å²) in [5.74, 6) is 0.695. The molecule has 0 heterocycles. The van der Waals surface area contributed by atoms with E-state index in [1.165, 1.54) is 20.0 Å². The first kappa shape index (κ1) is 15.8. The van der Waals surface area contributed by atoms with Crippen molar-refractivity contribution < 1.29 is 19.1 Å². The molecule has 5 nitrogen and oxygen atoms in total. The highest BCUT2D eigenvalue weighted by atomic mass is 79.9. The van der Waals surface area contributed by atoms with Gasteiger partial charge < -0.3 is 14.8 Å². The molecule has 1 aliphatic rings. The fourth-order valence-corrected chi connectivity index (χ4v) is 3.00. The lowest BCUT2D eigenvalue weighted by atomic mass is 10.2. The van der Waals surface area contributed by atoms with Gasteiger partial charge in [0.25, 0.3) is 5.91 Å². The van der Waals surface area contributed by atoms with Gasteiger partial charge in [-0.05, 0) is 40.9 Å². The minimum absolute atomic E-state index is 0.0775. The van der Waals surface area contributed by atoms with E-state index < -0.39 is 0 Å². The number of aldehydes is 1. The summed E-state index contributed by atoms with van der Waals surface area (Å²) in [4.78, 5) is 22.7. The standard InChI is InChI=1S/C15H18BrNO4/c1-20-13-7-10(8-18)6-12(16)15(13)21-9-14(19)17-11-4-2-3-5-11/h6-8,11H,2-5,9H2,1H3,(H,17,19). The maximum atomic E-state index is 11.9. The van der Waals surface area contributed by atoms with Crippen LogP contribution < -0.4 is 14.8 Å². The largest absolute Gasteiger partial charge is 0.493 e. The number of amides is 1. The highest BCUT2D eigenvalue weighted by molar-refractivity contribution is 9.10. The summed E-state index contributed by atoms with van der Waals surface area (Å²) in [7, 11) is 1.49. The molecule has 1 N–H and O–H groups in total. The number of methoxy groups -OCH3 is 1. The molecule has 0 radical (unpaired) electrons. The third kappa shape index (κ3) is 4.20. The first-order valence-corrected chi connectivity index (χ1v) is 7.68. The second-order valence-corrected chi connectivity index (χ2v) is 5.84. The van der Waals surface area contributed by atoms with Crippen molar-refractivity contribution in [1.29, 1.82) is 0 Å². The number of ether oxygens (including phenoxy) is 2. The molecule has 0 aliphatic heterocycles. The average Bonchev–Trinajstić information content (AvgIpc) is 2.97. The summed E-state index contributed by atoms with van der Waals surface area (Å²) >= 11 is 3.32. The van der Waals surface area contributed by atoms with Crippen molar-refractivity contribution in [2.75, 3.05) is 13.7 Å². The number of nitrogens with one attached hydrogen (secondary N) is 1. The molecule has 0 atom stereocenters. The number of benzene rings is 1. The van der Waals surface area contributed by atoms with Gasteiger partial charge in [0.2, 0.25) is 0 Å². The minimum atomic E-state index is -0.143. The molecule has 1 aromatic rings. The molecular formula is C15H18BrNO4. The van der Waals surface area contributed by atoms with Crippen LogP contribution in [0.5, 0.6) is 11.5 Å². The number of hydrogen-bond donors (Lipinski definition) is 1. The lowest BCUT2D eigenvalue weighted by Gasteiger charge is -2.15. The van der Waals surface area contributed by atoms with Crippen molar-refractivity contribution in [3.8, 4) is 11.5 Å². The molecule has 0 unspecified atom stereocenters. The summed E-state index contributed by atoms with van der Waals surface area (Å²) in [6.45, 7) is -0.0775. The van der Waals surface area contributed by atoms with E-state index >= 15 is 0 Å². The highest BCUT2D eigenvalue weighted by Crippen LogP contribution is 2.36. The zero-order valence-corrected chi connectivity index (χ0v) is 13.4. The zero-order chi connectivity index (χ0) is 15.2. The van der Waals surface area contributed by atoms with Gasteiger partial charge in [-0.1, -0.05) is 12.8 Å². The van der Waals surface area contributed by atoms with Gasteiger partial charge in [0.05, 0.1) is 11.6 Å². The number of carbonyl (C=O) groups is 2. The van der Waals surface area contributed by atoms with Crippen LogP contribution in [0.2, 0.25) is 0 Å². The molecule has 0 saturated heterocycles. The molecule has 2 rings (SSSR count). The molecule has 0 aromatic heterocycles. The van der Waals surface area contributed by atoms with E-state index in [1.807, 2.05) is 0 Å². The quantitative estimate of drug-likeness (QED) is 0.796. The van der Waals surface area contributed by atoms with Crippen LogP contribution in [0.3, 0.4) is 0 Å². The van der Waals surface area contributed by atoms with Crippen molar-refractivity contribution in [3.63, 3.8) is 0 Å². The maximum Gasteiger partial charge on any atom is 0.258 e. The second kappa shape index (κ2) is 7.45. The Morgan fingerprint density at radius 2 is 2.14 bits per heavy atom. The summed E-state index contributed by atoms with van der Waals surface area (Å²) < 4.78 is 11.3. The van der Waals surface area contributed by atoms with Gasteiger partial charge in [0, 0.05) is 11.6 Å². The van der Waals surface area contributed by atoms with Crippen LogP contribution in [0.15, 0.2) is 16.6 Å². The first-order valence-electron chi connectivity index (χ1n) is 6.89. The van der Waals surface area contributed by atoms with Gasteiger partial charge in [-0.15, -0.1) is 0 Å². The SMILES string of the molecule is COc1cc(C=O)cc(Br)c1OCC(=O)NC1CCCC1. The number of rotatable bonds is 6. The molecule has 21 heavy (non-hydrogen) atoms. The summed E-state index contributed by atoms with van der Waals surface area (Å²) in [6, 6.07) is 3.46. The Morgan fingerprint density at radius 1 is 1.43 bits per heavy atom. The number of hydrogen-bond acceptors (Lipinski definition) is 4. The van der Waals surface area contributed by atoms with Crippen LogP contribution in [-0.2, 0) is 4.79 Å². The number of carbonyl (C=O) groups excluding carboxylic acids is 2. The van der Waals surface area contributed by atoms with Crippen LogP contribution in [-0.4, -0.2) is 32.0 Å². The maximum absolute atomic E-state index is 11.9. The van der Waals surface area contributed by atoms with E-state index in [2.05, 4.69) is 21.2 Å². The molecule has 1 amide bonds. The Morgan fingerprint density at radius 3 is 2.76 bits per heavy atom. The first-order chi connectivity index (χ1) is 10.1. The van der Waals surface area contributed by atoms with Crippen LogP contribution >= 0.6 is 15.9 Å². The molecule has 114 valence electrons. The fourth-order valence-electron chi connectivity index (χ4n) is 2.43. The summed E-state index contributed by atoms with van der Waals surface area (Å²) in [6.07, 6.45) is 5.13. The molecule has 1 aliphatic carbocycles. The van der Waals surface area contributed by atoms with Gasteiger partial charge in [-0.25, -0.2) is 0 Å². The molecule has 0 spiro atoms. The summed E-state index contributed by atoms with van der Waals surface area (Å²) in [5, 5.41) is 2.95. The van der Waals surface area contributed by atoms with Crippen LogP contribution in [0.4, 0.5) is 0 Å². The topological polar surface area (TPSA) is 64.6 Å². The average molecular weight is 356 g/mol. The van der Waals surface area contributed by atoms with E-state index in [1.54, 1.807) is 12.1 Å². The van der Waals surface area contributed by atoms with Crippen LogP contribution in [0, 0.1) is 0 Å². The van der Waals surface area contributed by atoms with Crippen LogP contribution in [0.1, 0.15) is 36.0 Å². The monoisotopic (exact) mass is 355 g/mol. The van der Waals surface area contributed by atoms with Gasteiger partial charge in [0.1, 0.15) is 6.29 Å². The minimum Gasteiger partial charge on any atom is -0.493 e. The molecule has 6 heteroatoms. The van der Waals surface area contributed by atoms with E-state index in [0.717, 1.165) is 19.1 Å². The van der Waals surface area contributed by atoms with Crippen molar-refractivity contribution in [2.24, 2.45) is 0 Å². The third-order valence-electron chi connectivity index (χ3n) is 3.46. The van der Waals surface area contributed by atoms with Crippen molar-refractivity contribution >= 4 is 28.1 Å². The van der Waals surface area contributed by atoms with Gasteiger partial charge in [-0.3, -0.25) is 9.59 Å². The van der Waals surface area contributed by atoms with Crippen molar-refractivity contribution in [1.82, 2.24) is 5.32 Å². The Kier molecular flexibility index (Phi) is 5.61. The smallest absolute Gasteiger partial charge is 0.258 e. The van der Waals surface area contributed by atoms with E-state index in [9.17, 15) is 9.59 Å². The molecular weight excluding hydrogens is 338 g/mol. The Bertz CT molecular complexity index is 527. The van der Waals surface area contributed by atoms with Crippen LogP contribution in [0.25, 0.3) is 0 Å². The predicted molar refractivity (Wildman–Crippen MR) is 82.0 cm³/mol. The number of halogens is 1. The fraction of sp³-hybridized carbons (Fsp3) is 0.467.